The number of ether oxygens (including phenoxy) is 1. The van der Waals surface area contributed by atoms with Crippen LogP contribution in [-0.2, 0) is 38.8 Å². The van der Waals surface area contributed by atoms with Gasteiger partial charge in [-0.25, -0.2) is 4.79 Å². The second kappa shape index (κ2) is 11.5. The fourth-order valence-electron chi connectivity index (χ4n) is 4.95. The van der Waals surface area contributed by atoms with Gasteiger partial charge in [0.15, 0.2) is 0 Å². The standard InChI is InChI=1S/C22H24N5O6S.C2HF3O2/c1-12-18-17(13(2)28)21(29)26(18)19(20(12)34-16-7-24-10-23-11-25(24)8-16)22(30)33-9-14-3-5-15(6-4-14)27(31)32;3-2(4,5)1(6)7/h3-6,10-13,16-18,28H,7-9H2,1-2H3;(H,6,7)/q+1;/p-1/t12-,13-,17-,18-;/m1./s1. The van der Waals surface area contributed by atoms with Gasteiger partial charge in [-0.05, 0) is 29.6 Å². The number of carbonyl (C=O) groups excluding carboxylic acids is 3. The number of carboxylic acids is 1. The summed E-state index contributed by atoms with van der Waals surface area (Å²) in [7, 11) is 0. The summed E-state index contributed by atoms with van der Waals surface area (Å²) in [6.07, 6.45) is -2.49. The number of esters is 1. The van der Waals surface area contributed by atoms with E-state index in [1.165, 1.54) is 29.2 Å². The van der Waals surface area contributed by atoms with Gasteiger partial charge in [-0.2, -0.15) is 22.5 Å². The number of β-lactam (4-membered cyclic amide) rings is 1. The van der Waals surface area contributed by atoms with Crippen molar-refractivity contribution >= 4 is 35.3 Å². The third kappa shape index (κ3) is 6.04. The number of nitrogens with zero attached hydrogens (tertiary/aromatic N) is 5. The predicted molar refractivity (Wildman–Crippen MR) is 130 cm³/mol. The van der Waals surface area contributed by atoms with Crippen LogP contribution >= 0.6 is 11.8 Å². The highest BCUT2D eigenvalue weighted by atomic mass is 32.2. The van der Waals surface area contributed by atoms with Gasteiger partial charge in [-0.15, -0.1) is 11.8 Å². The van der Waals surface area contributed by atoms with Crippen molar-refractivity contribution in [3.05, 3.63) is 63.2 Å². The molecule has 3 aliphatic rings. The van der Waals surface area contributed by atoms with Crippen molar-refractivity contribution in [2.24, 2.45) is 11.8 Å². The number of carbonyl (C=O) groups is 3. The topological polar surface area (TPSA) is 172 Å². The van der Waals surface area contributed by atoms with Gasteiger partial charge in [-0.1, -0.05) is 6.92 Å². The Kier molecular flexibility index (Phi) is 8.39. The number of nitro groups is 1. The number of carboxylic acid groups (broad SMARTS) is 1. The molecule has 1 aromatic carbocycles. The van der Waals surface area contributed by atoms with E-state index < -0.39 is 35.1 Å². The van der Waals surface area contributed by atoms with Crippen LogP contribution in [0.4, 0.5) is 18.9 Å². The van der Waals surface area contributed by atoms with E-state index in [-0.39, 0.29) is 41.1 Å². The van der Waals surface area contributed by atoms with E-state index in [2.05, 4.69) is 4.98 Å². The van der Waals surface area contributed by atoms with Crippen molar-refractivity contribution in [3.8, 4) is 0 Å². The first-order valence-corrected chi connectivity index (χ1v) is 13.1. The van der Waals surface area contributed by atoms with E-state index in [4.69, 9.17) is 14.6 Å². The zero-order chi connectivity index (χ0) is 30.2. The number of aliphatic carboxylic acids is 1. The van der Waals surface area contributed by atoms with Gasteiger partial charge in [0, 0.05) is 23.0 Å². The average molecular weight is 600 g/mol. The summed E-state index contributed by atoms with van der Waals surface area (Å²) in [5.74, 6) is -4.57. The maximum atomic E-state index is 13.2. The van der Waals surface area contributed by atoms with Crippen molar-refractivity contribution in [2.75, 3.05) is 0 Å². The molecule has 4 atom stereocenters. The van der Waals surface area contributed by atoms with Crippen LogP contribution in [-0.4, -0.2) is 66.0 Å². The first-order valence-electron chi connectivity index (χ1n) is 12.2. The van der Waals surface area contributed by atoms with Crippen LogP contribution in [0.5, 0.6) is 0 Å². The molecule has 1 saturated heterocycles. The zero-order valence-corrected chi connectivity index (χ0v) is 22.4. The zero-order valence-electron chi connectivity index (χ0n) is 21.6. The van der Waals surface area contributed by atoms with Gasteiger partial charge in [0.25, 0.3) is 5.69 Å². The number of fused-ring (bicyclic) bond motifs is 2. The van der Waals surface area contributed by atoms with E-state index in [0.29, 0.717) is 5.56 Å². The van der Waals surface area contributed by atoms with Crippen molar-refractivity contribution in [1.82, 2.24) is 14.6 Å². The lowest BCUT2D eigenvalue weighted by atomic mass is 9.79. The third-order valence-corrected chi connectivity index (χ3v) is 8.31. The van der Waals surface area contributed by atoms with Gasteiger partial charge in [0.1, 0.15) is 24.8 Å². The van der Waals surface area contributed by atoms with Gasteiger partial charge >= 0.3 is 18.5 Å². The molecule has 0 spiro atoms. The first-order chi connectivity index (χ1) is 19.2. The first kappa shape index (κ1) is 30.0. The summed E-state index contributed by atoms with van der Waals surface area (Å²) >= 11 is 1.57. The van der Waals surface area contributed by atoms with Crippen LogP contribution in [0.2, 0.25) is 0 Å². The Hall–Kier alpha value is -3.99. The molecule has 1 N–H and O–H groups in total. The summed E-state index contributed by atoms with van der Waals surface area (Å²) in [5, 5.41) is 29.9. The molecule has 2 aromatic rings. The monoisotopic (exact) mass is 599 g/mol. The Morgan fingerprint density at radius 2 is 1.95 bits per heavy atom. The van der Waals surface area contributed by atoms with E-state index in [9.17, 15) is 38.0 Å². The van der Waals surface area contributed by atoms with Crippen molar-refractivity contribution < 1.29 is 52.1 Å². The molecule has 1 fully saturated rings. The number of aliphatic hydroxyl groups excluding tert-OH is 1. The van der Waals surface area contributed by atoms with Gasteiger partial charge in [0.05, 0.1) is 34.8 Å². The van der Waals surface area contributed by atoms with Gasteiger partial charge in [0.2, 0.25) is 12.2 Å². The number of halogens is 3. The number of benzene rings is 1. The maximum Gasteiger partial charge on any atom is 0.430 e. The highest BCUT2D eigenvalue weighted by Gasteiger charge is 2.60. The van der Waals surface area contributed by atoms with Crippen molar-refractivity contribution in [3.63, 3.8) is 0 Å². The SMILES string of the molecule is C[C@@H](O)[C@H]1C(=O)N2C(C(=O)OCc3ccc([N+](=O)[O-])cc3)=C(SC3Cn4cnc[n+]4C3)[C@H](C)[C@H]12.O=C([O-])C(F)(F)F. The van der Waals surface area contributed by atoms with Crippen LogP contribution in [0.15, 0.2) is 47.5 Å². The number of non-ortho nitro benzene ring substituents is 1. The molecule has 0 bridgehead atoms. The van der Waals surface area contributed by atoms with Gasteiger partial charge in [-0.3, -0.25) is 14.9 Å². The Morgan fingerprint density at radius 1 is 1.32 bits per heavy atom. The quantitative estimate of drug-likeness (QED) is 0.153. The molecule has 0 saturated carbocycles. The molecule has 4 heterocycles. The summed E-state index contributed by atoms with van der Waals surface area (Å²) < 4.78 is 41.1. The number of rotatable bonds is 7. The molecule has 1 amide bonds. The molecule has 0 aliphatic carbocycles. The van der Waals surface area contributed by atoms with Crippen LogP contribution in [0.1, 0.15) is 19.4 Å². The summed E-state index contributed by atoms with van der Waals surface area (Å²) in [4.78, 5) is 51.6. The lowest BCUT2D eigenvalue weighted by Gasteiger charge is -2.46. The Balaban J connectivity index is 0.000000493. The van der Waals surface area contributed by atoms with E-state index >= 15 is 0 Å². The number of hydrogen-bond donors (Lipinski definition) is 1. The summed E-state index contributed by atoms with van der Waals surface area (Å²) in [6.45, 7) is 4.95. The molecule has 1 aromatic heterocycles. The number of nitro benzene ring substituents is 1. The molecule has 41 heavy (non-hydrogen) atoms. The number of aliphatic hydroxyl groups is 1. The van der Waals surface area contributed by atoms with Crippen molar-refractivity contribution in [2.45, 2.75) is 57.1 Å². The summed E-state index contributed by atoms with van der Waals surface area (Å²) in [6, 6.07) is 5.49. The normalized spacial score (nSPS) is 23.7. The molecule has 13 nitrogen and oxygen atoms in total. The lowest BCUT2D eigenvalue weighted by Crippen LogP contribution is -2.63. The number of hydrogen-bond acceptors (Lipinski definition) is 10. The van der Waals surface area contributed by atoms with E-state index in [0.717, 1.165) is 18.0 Å². The van der Waals surface area contributed by atoms with Crippen LogP contribution in [0, 0.1) is 22.0 Å². The van der Waals surface area contributed by atoms with E-state index in [1.54, 1.807) is 31.3 Å². The highest BCUT2D eigenvalue weighted by molar-refractivity contribution is 8.03. The molecule has 0 radical (unpaired) electrons. The molecule has 220 valence electrons. The number of alkyl halides is 3. The second-order valence-electron chi connectivity index (χ2n) is 9.62. The Bertz CT molecular complexity index is 1370. The van der Waals surface area contributed by atoms with Gasteiger partial charge < -0.3 is 24.6 Å². The minimum Gasteiger partial charge on any atom is -0.542 e. The minimum absolute atomic E-state index is 0.0469. The van der Waals surface area contributed by atoms with Crippen LogP contribution in [0.25, 0.3) is 0 Å². The minimum atomic E-state index is -5.19. The fourth-order valence-corrected chi connectivity index (χ4v) is 6.41. The Morgan fingerprint density at radius 3 is 2.49 bits per heavy atom. The predicted octanol–water partition coefficient (Wildman–Crippen LogP) is 0.305. The van der Waals surface area contributed by atoms with E-state index in [1.807, 2.05) is 16.3 Å². The lowest BCUT2D eigenvalue weighted by molar-refractivity contribution is -0.758. The summed E-state index contributed by atoms with van der Waals surface area (Å²) in [5.41, 5.74) is 0.799. The maximum absolute atomic E-state index is 13.2. The van der Waals surface area contributed by atoms with Crippen LogP contribution in [0.3, 0.4) is 0 Å². The second-order valence-corrected chi connectivity index (χ2v) is 11.0. The van der Waals surface area contributed by atoms with Crippen molar-refractivity contribution in [1.29, 1.82) is 0 Å². The molecule has 17 heteroatoms. The fraction of sp³-hybridized carbons (Fsp3) is 0.458. The third-order valence-electron chi connectivity index (χ3n) is 6.86. The smallest absolute Gasteiger partial charge is 0.430 e. The molecule has 3 aliphatic heterocycles. The Labute approximate surface area is 234 Å². The molecule has 5 rings (SSSR count). The highest BCUT2D eigenvalue weighted by Crippen LogP contribution is 2.51. The number of amides is 1. The molecule has 0 unspecified atom stereocenters. The number of thioether (sulfide) groups is 1. The molecular weight excluding hydrogens is 575 g/mol. The number of aromatic nitrogens is 3. The largest absolute Gasteiger partial charge is 0.542 e. The molecular formula is C24H24F3N5O8S. The average Bonchev–Trinajstić information content (AvgIpc) is 3.54. The van der Waals surface area contributed by atoms with Crippen LogP contribution < -0.4 is 9.79 Å².